The van der Waals surface area contributed by atoms with Gasteiger partial charge in [-0.3, -0.25) is 9.59 Å². The van der Waals surface area contributed by atoms with Crippen LogP contribution in [0, 0.1) is 5.82 Å². The Morgan fingerprint density at radius 2 is 1.87 bits per heavy atom. The van der Waals surface area contributed by atoms with Crippen LogP contribution in [0.3, 0.4) is 0 Å². The van der Waals surface area contributed by atoms with Crippen LogP contribution in [-0.2, 0) is 16.0 Å². The molecule has 0 bridgehead atoms. The SMILES string of the molecule is O=C(Cc1ccccc1F)Oc1ccc(N2CCCC2=O)cc1. The summed E-state index contributed by atoms with van der Waals surface area (Å²) in [5, 5.41) is 0. The van der Waals surface area contributed by atoms with Gasteiger partial charge >= 0.3 is 5.97 Å². The van der Waals surface area contributed by atoms with Gasteiger partial charge < -0.3 is 9.64 Å². The van der Waals surface area contributed by atoms with E-state index in [9.17, 15) is 14.0 Å². The normalized spacial score (nSPS) is 14.1. The molecule has 118 valence electrons. The summed E-state index contributed by atoms with van der Waals surface area (Å²) >= 11 is 0. The number of carbonyl (C=O) groups excluding carboxylic acids is 2. The lowest BCUT2D eigenvalue weighted by Gasteiger charge is -2.15. The maximum Gasteiger partial charge on any atom is 0.315 e. The molecule has 1 heterocycles. The molecule has 0 aromatic heterocycles. The Kier molecular flexibility index (Phi) is 4.37. The molecule has 5 heteroatoms. The van der Waals surface area contributed by atoms with Gasteiger partial charge in [-0.1, -0.05) is 18.2 Å². The molecule has 0 unspecified atom stereocenters. The molecule has 2 aromatic carbocycles. The van der Waals surface area contributed by atoms with Crippen LogP contribution in [-0.4, -0.2) is 18.4 Å². The number of rotatable bonds is 4. The maximum atomic E-state index is 13.5. The average Bonchev–Trinajstić information content (AvgIpc) is 2.96. The lowest BCUT2D eigenvalue weighted by molar-refractivity contribution is -0.133. The maximum absolute atomic E-state index is 13.5. The summed E-state index contributed by atoms with van der Waals surface area (Å²) in [6.07, 6.45) is 1.30. The molecule has 1 fully saturated rings. The molecule has 0 atom stereocenters. The van der Waals surface area contributed by atoms with Crippen LogP contribution in [0.25, 0.3) is 0 Å². The second-order valence-corrected chi connectivity index (χ2v) is 5.39. The van der Waals surface area contributed by atoms with Crippen LogP contribution < -0.4 is 9.64 Å². The van der Waals surface area contributed by atoms with E-state index in [2.05, 4.69) is 0 Å². The predicted molar refractivity (Wildman–Crippen MR) is 83.8 cm³/mol. The highest BCUT2D eigenvalue weighted by molar-refractivity contribution is 5.95. The Labute approximate surface area is 133 Å². The van der Waals surface area contributed by atoms with Gasteiger partial charge in [-0.25, -0.2) is 4.39 Å². The standard InChI is InChI=1S/C18H16FNO3/c19-16-5-2-1-4-13(16)12-18(22)23-15-9-7-14(8-10-15)20-11-3-6-17(20)21/h1-2,4-5,7-10H,3,6,11-12H2. The fourth-order valence-electron chi connectivity index (χ4n) is 2.58. The van der Waals surface area contributed by atoms with Crippen LogP contribution in [0.1, 0.15) is 18.4 Å². The van der Waals surface area contributed by atoms with E-state index in [0.717, 1.165) is 12.1 Å². The lowest BCUT2D eigenvalue weighted by Crippen LogP contribution is -2.23. The van der Waals surface area contributed by atoms with Gasteiger partial charge in [0.15, 0.2) is 0 Å². The van der Waals surface area contributed by atoms with Gasteiger partial charge in [0.05, 0.1) is 6.42 Å². The van der Waals surface area contributed by atoms with E-state index < -0.39 is 11.8 Å². The number of esters is 1. The zero-order valence-corrected chi connectivity index (χ0v) is 12.5. The number of nitrogens with zero attached hydrogens (tertiary/aromatic N) is 1. The summed E-state index contributed by atoms with van der Waals surface area (Å²) in [5.74, 6) is -0.469. The number of ether oxygens (including phenoxy) is 1. The Bertz CT molecular complexity index is 727. The van der Waals surface area contributed by atoms with Crippen LogP contribution in [0.2, 0.25) is 0 Å². The minimum atomic E-state index is -0.528. The van der Waals surface area contributed by atoms with Crippen molar-refractivity contribution in [3.8, 4) is 5.75 Å². The number of carbonyl (C=O) groups is 2. The van der Waals surface area contributed by atoms with Crippen LogP contribution in [0.5, 0.6) is 5.75 Å². The molecule has 1 aliphatic rings. The van der Waals surface area contributed by atoms with Gasteiger partial charge in [-0.15, -0.1) is 0 Å². The molecule has 2 aromatic rings. The molecule has 3 rings (SSSR count). The van der Waals surface area contributed by atoms with Gasteiger partial charge in [0.1, 0.15) is 11.6 Å². The third-order valence-corrected chi connectivity index (χ3v) is 3.75. The number of hydrogen-bond acceptors (Lipinski definition) is 3. The number of anilines is 1. The predicted octanol–water partition coefficient (Wildman–Crippen LogP) is 3.10. The van der Waals surface area contributed by atoms with Crippen molar-refractivity contribution < 1.29 is 18.7 Å². The van der Waals surface area contributed by atoms with E-state index in [4.69, 9.17) is 4.74 Å². The lowest BCUT2D eigenvalue weighted by atomic mass is 10.1. The highest BCUT2D eigenvalue weighted by atomic mass is 19.1. The third-order valence-electron chi connectivity index (χ3n) is 3.75. The van der Waals surface area contributed by atoms with Crippen LogP contribution in [0.15, 0.2) is 48.5 Å². The topological polar surface area (TPSA) is 46.6 Å². The largest absolute Gasteiger partial charge is 0.426 e. The fraction of sp³-hybridized carbons (Fsp3) is 0.222. The number of hydrogen-bond donors (Lipinski definition) is 0. The summed E-state index contributed by atoms with van der Waals surface area (Å²) < 4.78 is 18.7. The molecular weight excluding hydrogens is 297 g/mol. The Hall–Kier alpha value is -2.69. The summed E-state index contributed by atoms with van der Waals surface area (Å²) in [7, 11) is 0. The van der Waals surface area contributed by atoms with Crippen molar-refractivity contribution in [3.63, 3.8) is 0 Å². The molecule has 0 saturated carbocycles. The number of amides is 1. The van der Waals surface area contributed by atoms with Crippen molar-refractivity contribution in [2.45, 2.75) is 19.3 Å². The minimum Gasteiger partial charge on any atom is -0.426 e. The smallest absolute Gasteiger partial charge is 0.315 e. The Morgan fingerprint density at radius 1 is 1.13 bits per heavy atom. The van der Waals surface area contributed by atoms with Crippen molar-refractivity contribution in [2.75, 3.05) is 11.4 Å². The molecule has 0 radical (unpaired) electrons. The van der Waals surface area contributed by atoms with Crippen molar-refractivity contribution >= 4 is 17.6 Å². The quantitative estimate of drug-likeness (QED) is 0.643. The second kappa shape index (κ2) is 6.60. The zero-order valence-electron chi connectivity index (χ0n) is 12.5. The molecule has 1 amide bonds. The van der Waals surface area contributed by atoms with Crippen LogP contribution in [0.4, 0.5) is 10.1 Å². The first kappa shape index (κ1) is 15.2. The number of benzene rings is 2. The van der Waals surface area contributed by atoms with Crippen molar-refractivity contribution in [3.05, 3.63) is 59.9 Å². The van der Waals surface area contributed by atoms with E-state index in [1.165, 1.54) is 6.07 Å². The molecule has 0 spiro atoms. The second-order valence-electron chi connectivity index (χ2n) is 5.39. The molecular formula is C18H16FNO3. The van der Waals surface area contributed by atoms with Gasteiger partial charge in [0.25, 0.3) is 0 Å². The minimum absolute atomic E-state index is 0.106. The summed E-state index contributed by atoms with van der Waals surface area (Å²) in [4.78, 5) is 25.3. The molecule has 4 nitrogen and oxygen atoms in total. The fourth-order valence-corrected chi connectivity index (χ4v) is 2.58. The van der Waals surface area contributed by atoms with E-state index >= 15 is 0 Å². The van der Waals surface area contributed by atoms with Crippen molar-refractivity contribution in [1.29, 1.82) is 0 Å². The van der Waals surface area contributed by atoms with Gasteiger partial charge in [0, 0.05) is 18.7 Å². The Balaban J connectivity index is 1.63. The summed E-state index contributed by atoms with van der Waals surface area (Å²) in [5.41, 5.74) is 1.10. The van der Waals surface area contributed by atoms with Crippen molar-refractivity contribution in [2.24, 2.45) is 0 Å². The third kappa shape index (κ3) is 3.56. The zero-order chi connectivity index (χ0) is 16.2. The first-order valence-electron chi connectivity index (χ1n) is 7.48. The van der Waals surface area contributed by atoms with E-state index in [-0.39, 0.29) is 12.3 Å². The molecule has 0 aliphatic carbocycles. The van der Waals surface area contributed by atoms with Crippen LogP contribution >= 0.6 is 0 Å². The molecule has 1 aliphatic heterocycles. The first-order valence-corrected chi connectivity index (χ1v) is 7.48. The van der Waals surface area contributed by atoms with Gasteiger partial charge in [0.2, 0.25) is 5.91 Å². The van der Waals surface area contributed by atoms with E-state index in [1.807, 2.05) is 0 Å². The van der Waals surface area contributed by atoms with Gasteiger partial charge in [-0.05, 0) is 42.3 Å². The molecule has 1 saturated heterocycles. The van der Waals surface area contributed by atoms with Gasteiger partial charge in [-0.2, -0.15) is 0 Å². The highest BCUT2D eigenvalue weighted by Gasteiger charge is 2.21. The summed E-state index contributed by atoms with van der Waals surface area (Å²) in [6, 6.07) is 12.9. The summed E-state index contributed by atoms with van der Waals surface area (Å²) in [6.45, 7) is 0.714. The first-order chi connectivity index (χ1) is 11.1. The Morgan fingerprint density at radius 3 is 2.52 bits per heavy atom. The van der Waals surface area contributed by atoms with E-state index in [1.54, 1.807) is 47.4 Å². The average molecular weight is 313 g/mol. The van der Waals surface area contributed by atoms with Crippen molar-refractivity contribution in [1.82, 2.24) is 0 Å². The molecule has 0 N–H and O–H groups in total. The highest BCUT2D eigenvalue weighted by Crippen LogP contribution is 2.24. The number of halogens is 1. The molecule has 23 heavy (non-hydrogen) atoms. The van der Waals surface area contributed by atoms with E-state index in [0.29, 0.717) is 24.3 Å². The monoisotopic (exact) mass is 313 g/mol.